The highest BCUT2D eigenvalue weighted by Gasteiger charge is 2.28. The number of amides is 1. The molecule has 0 aromatic carbocycles. The van der Waals surface area contributed by atoms with Crippen LogP contribution in [0.15, 0.2) is 12.2 Å². The van der Waals surface area contributed by atoms with E-state index in [1.165, 1.54) is 173 Å². The fourth-order valence-electron chi connectivity index (χ4n) is 7.11. The van der Waals surface area contributed by atoms with Gasteiger partial charge >= 0.3 is 0 Å². The van der Waals surface area contributed by atoms with Gasteiger partial charge in [-0.3, -0.25) is 4.79 Å². The van der Waals surface area contributed by atoms with Crippen LogP contribution in [0, 0.1) is 0 Å². The molecule has 0 aliphatic heterocycles. The van der Waals surface area contributed by atoms with Crippen molar-refractivity contribution in [3.8, 4) is 0 Å². The lowest BCUT2D eigenvalue weighted by Gasteiger charge is -2.27. The summed E-state index contributed by atoms with van der Waals surface area (Å²) in [5.74, 6) is -0.590. The van der Waals surface area contributed by atoms with Gasteiger partial charge in [0.05, 0.1) is 18.8 Å². The molecule has 0 aliphatic rings. The van der Waals surface area contributed by atoms with E-state index in [2.05, 4.69) is 31.3 Å². The Morgan fingerprint density at radius 2 is 0.804 bits per heavy atom. The number of hydrogen-bond donors (Lipinski definition) is 5. The number of nitrogens with one attached hydrogen (secondary N) is 1. The van der Waals surface area contributed by atoms with Crippen molar-refractivity contribution < 1.29 is 25.2 Å². The first-order chi connectivity index (χ1) is 25.0. The van der Waals surface area contributed by atoms with Crippen LogP contribution in [0.25, 0.3) is 0 Å². The van der Waals surface area contributed by atoms with Crippen molar-refractivity contribution in [1.82, 2.24) is 5.32 Å². The van der Waals surface area contributed by atoms with E-state index < -0.39 is 36.9 Å². The normalized spacial score (nSPS) is 14.2. The second kappa shape index (κ2) is 40.2. The first-order valence-corrected chi connectivity index (χ1v) is 22.6. The van der Waals surface area contributed by atoms with Gasteiger partial charge in [-0.1, -0.05) is 212 Å². The zero-order chi connectivity index (χ0) is 37.5. The minimum absolute atomic E-state index is 0.368. The second-order valence-corrected chi connectivity index (χ2v) is 15.8. The van der Waals surface area contributed by atoms with Crippen molar-refractivity contribution in [2.24, 2.45) is 0 Å². The minimum Gasteiger partial charge on any atom is -0.394 e. The summed E-state index contributed by atoms with van der Waals surface area (Å²) in [6, 6.07) is -0.996. The standard InChI is InChI=1S/C45H89NO5/c1-3-5-7-9-11-13-15-17-19-20-21-22-23-25-27-29-31-33-35-37-39-43(49)45(51)46-41(40-47)44(50)42(48)38-36-34-32-30-28-26-24-18-16-14-12-10-8-6-4-2/h30,32,41-44,47-50H,3-29,31,33-40H2,1-2H3,(H,46,51)/b32-30+. The number of rotatable bonds is 41. The van der Waals surface area contributed by atoms with Crippen molar-refractivity contribution in [3.63, 3.8) is 0 Å². The first kappa shape index (κ1) is 50.1. The lowest BCUT2D eigenvalue weighted by atomic mass is 10.00. The van der Waals surface area contributed by atoms with Gasteiger partial charge in [0.2, 0.25) is 5.91 Å². The monoisotopic (exact) mass is 724 g/mol. The van der Waals surface area contributed by atoms with Crippen LogP contribution < -0.4 is 5.32 Å². The van der Waals surface area contributed by atoms with Crippen LogP contribution >= 0.6 is 0 Å². The van der Waals surface area contributed by atoms with E-state index in [4.69, 9.17) is 0 Å². The van der Waals surface area contributed by atoms with Gasteiger partial charge in [-0.05, 0) is 38.5 Å². The van der Waals surface area contributed by atoms with Crippen LogP contribution in [0.2, 0.25) is 0 Å². The molecular weight excluding hydrogens is 634 g/mol. The quantitative estimate of drug-likeness (QED) is 0.0319. The Hall–Kier alpha value is -0.950. The highest BCUT2D eigenvalue weighted by Crippen LogP contribution is 2.16. The van der Waals surface area contributed by atoms with Gasteiger partial charge in [-0.15, -0.1) is 0 Å². The van der Waals surface area contributed by atoms with Crippen molar-refractivity contribution in [2.45, 2.75) is 263 Å². The van der Waals surface area contributed by atoms with Gasteiger partial charge in [0.15, 0.2) is 0 Å². The molecule has 0 aromatic heterocycles. The molecule has 0 bridgehead atoms. The molecule has 0 saturated carbocycles. The maximum atomic E-state index is 12.5. The molecular formula is C45H89NO5. The van der Waals surface area contributed by atoms with Crippen LogP contribution in [-0.4, -0.2) is 57.3 Å². The van der Waals surface area contributed by atoms with E-state index in [0.717, 1.165) is 38.5 Å². The Morgan fingerprint density at radius 1 is 0.471 bits per heavy atom. The largest absolute Gasteiger partial charge is 0.394 e. The van der Waals surface area contributed by atoms with Crippen LogP contribution in [0.3, 0.4) is 0 Å². The number of aliphatic hydroxyl groups excluding tert-OH is 4. The molecule has 0 saturated heterocycles. The molecule has 0 aromatic rings. The third-order valence-electron chi connectivity index (χ3n) is 10.7. The molecule has 304 valence electrons. The molecule has 5 N–H and O–H groups in total. The average molecular weight is 724 g/mol. The third kappa shape index (κ3) is 34.6. The molecule has 51 heavy (non-hydrogen) atoms. The smallest absolute Gasteiger partial charge is 0.249 e. The molecule has 6 heteroatoms. The summed E-state index contributed by atoms with van der Waals surface area (Å²) in [4.78, 5) is 12.5. The lowest BCUT2D eigenvalue weighted by molar-refractivity contribution is -0.132. The summed E-state index contributed by atoms with van der Waals surface area (Å²) in [5, 5.41) is 43.7. The number of allylic oxidation sites excluding steroid dienone is 2. The summed E-state index contributed by atoms with van der Waals surface area (Å²) >= 11 is 0. The van der Waals surface area contributed by atoms with Crippen LogP contribution in [0.5, 0.6) is 0 Å². The number of unbranched alkanes of at least 4 members (excludes halogenated alkanes) is 30. The molecule has 0 fully saturated rings. The maximum Gasteiger partial charge on any atom is 0.249 e. The fraction of sp³-hybridized carbons (Fsp3) is 0.933. The molecule has 0 aliphatic carbocycles. The first-order valence-electron chi connectivity index (χ1n) is 22.6. The van der Waals surface area contributed by atoms with Gasteiger partial charge < -0.3 is 25.7 Å². The predicted octanol–water partition coefficient (Wildman–Crippen LogP) is 11.8. The summed E-state index contributed by atoms with van der Waals surface area (Å²) in [5.41, 5.74) is 0. The molecule has 4 unspecified atom stereocenters. The molecule has 0 radical (unpaired) electrons. The summed E-state index contributed by atoms with van der Waals surface area (Å²) in [6.45, 7) is 4.05. The number of carbonyl (C=O) groups is 1. The van der Waals surface area contributed by atoms with Gasteiger partial charge in [0, 0.05) is 0 Å². The Balaban J connectivity index is 3.72. The van der Waals surface area contributed by atoms with Crippen LogP contribution in [0.1, 0.15) is 239 Å². The lowest BCUT2D eigenvalue weighted by Crippen LogP contribution is -2.53. The van der Waals surface area contributed by atoms with E-state index in [-0.39, 0.29) is 0 Å². The van der Waals surface area contributed by atoms with Gasteiger partial charge in [0.25, 0.3) is 0 Å². The highest BCUT2D eigenvalue weighted by atomic mass is 16.3. The topological polar surface area (TPSA) is 110 Å². The Bertz CT molecular complexity index is 731. The second-order valence-electron chi connectivity index (χ2n) is 15.8. The zero-order valence-electron chi connectivity index (χ0n) is 34.1. The highest BCUT2D eigenvalue weighted by molar-refractivity contribution is 5.80. The van der Waals surface area contributed by atoms with Gasteiger partial charge in [0.1, 0.15) is 12.2 Å². The number of hydrogen-bond acceptors (Lipinski definition) is 5. The van der Waals surface area contributed by atoms with Crippen LogP contribution in [-0.2, 0) is 4.79 Å². The molecule has 1 amide bonds. The van der Waals surface area contributed by atoms with Crippen LogP contribution in [0.4, 0.5) is 0 Å². The van der Waals surface area contributed by atoms with E-state index in [0.29, 0.717) is 12.8 Å². The Kier molecular flexibility index (Phi) is 39.5. The number of carbonyl (C=O) groups excluding carboxylic acids is 1. The SMILES string of the molecule is CCCCCCCCCCCC/C=C/CCCC(O)C(O)C(CO)NC(=O)C(O)CCCCCCCCCCCCCCCCCCCCCC. The minimum atomic E-state index is -1.28. The molecule has 0 heterocycles. The van der Waals surface area contributed by atoms with E-state index >= 15 is 0 Å². The van der Waals surface area contributed by atoms with Crippen molar-refractivity contribution >= 4 is 5.91 Å². The van der Waals surface area contributed by atoms with Crippen molar-refractivity contribution in [3.05, 3.63) is 12.2 Å². The average Bonchev–Trinajstić information content (AvgIpc) is 3.13. The fourth-order valence-corrected chi connectivity index (χ4v) is 7.11. The van der Waals surface area contributed by atoms with Crippen molar-refractivity contribution in [1.29, 1.82) is 0 Å². The third-order valence-corrected chi connectivity index (χ3v) is 10.7. The molecule has 6 nitrogen and oxygen atoms in total. The van der Waals surface area contributed by atoms with E-state index in [9.17, 15) is 25.2 Å². The number of aliphatic hydroxyl groups is 4. The molecule has 0 rings (SSSR count). The summed E-state index contributed by atoms with van der Waals surface area (Å²) < 4.78 is 0. The summed E-state index contributed by atoms with van der Waals surface area (Å²) in [7, 11) is 0. The molecule has 0 spiro atoms. The summed E-state index contributed by atoms with van der Waals surface area (Å²) in [6.07, 6.45) is 43.9. The maximum absolute atomic E-state index is 12.5. The predicted molar refractivity (Wildman–Crippen MR) is 219 cm³/mol. The van der Waals surface area contributed by atoms with E-state index in [1.807, 2.05) is 0 Å². The molecule has 4 atom stereocenters. The van der Waals surface area contributed by atoms with Gasteiger partial charge in [-0.25, -0.2) is 0 Å². The Morgan fingerprint density at radius 3 is 1.18 bits per heavy atom. The van der Waals surface area contributed by atoms with E-state index in [1.54, 1.807) is 0 Å². The van der Waals surface area contributed by atoms with Gasteiger partial charge in [-0.2, -0.15) is 0 Å². The zero-order valence-corrected chi connectivity index (χ0v) is 34.1. The van der Waals surface area contributed by atoms with Crippen molar-refractivity contribution in [2.75, 3.05) is 6.61 Å². The Labute approximate surface area is 317 Å².